The maximum Gasteiger partial charge on any atom is 0.191 e. The number of rotatable bonds is 9. The Morgan fingerprint density at radius 2 is 1.93 bits per heavy atom. The van der Waals surface area contributed by atoms with Crippen LogP contribution in [0.5, 0.6) is 0 Å². The summed E-state index contributed by atoms with van der Waals surface area (Å²) in [6.07, 6.45) is 0.488. The number of aliphatic imine (C=N–C) groups is 1. The SMILES string of the molecule is CCNC(=NCc1cc(C(C)C)no1)NCCCS(=O)(=O)c1ccccc1.I. The zero-order chi connectivity index (χ0) is 19.7. The van der Waals surface area contributed by atoms with E-state index in [4.69, 9.17) is 4.52 Å². The number of hydrogen-bond acceptors (Lipinski definition) is 5. The second-order valence-corrected chi connectivity index (χ2v) is 8.59. The summed E-state index contributed by atoms with van der Waals surface area (Å²) in [5.41, 5.74) is 0.907. The molecule has 9 heteroatoms. The summed E-state index contributed by atoms with van der Waals surface area (Å²) in [5.74, 6) is 1.72. The monoisotopic (exact) mass is 520 g/mol. The second kappa shape index (κ2) is 12.1. The lowest BCUT2D eigenvalue weighted by Gasteiger charge is -2.11. The number of nitrogens with zero attached hydrogens (tertiary/aromatic N) is 2. The Labute approximate surface area is 184 Å². The van der Waals surface area contributed by atoms with Crippen molar-refractivity contribution in [2.45, 2.75) is 44.6 Å². The Morgan fingerprint density at radius 1 is 1.21 bits per heavy atom. The summed E-state index contributed by atoms with van der Waals surface area (Å²) in [4.78, 5) is 4.82. The summed E-state index contributed by atoms with van der Waals surface area (Å²) in [6.45, 7) is 7.67. The normalized spacial score (nSPS) is 11.9. The molecular weight excluding hydrogens is 491 g/mol. The van der Waals surface area contributed by atoms with Gasteiger partial charge in [0, 0.05) is 19.2 Å². The molecule has 1 aromatic heterocycles. The molecule has 0 atom stereocenters. The number of benzene rings is 1. The van der Waals surface area contributed by atoms with Crippen LogP contribution >= 0.6 is 24.0 Å². The molecule has 7 nitrogen and oxygen atoms in total. The van der Waals surface area contributed by atoms with Crippen LogP contribution in [0.1, 0.15) is 44.6 Å². The maximum atomic E-state index is 12.3. The van der Waals surface area contributed by atoms with Gasteiger partial charge < -0.3 is 15.2 Å². The molecule has 156 valence electrons. The average Bonchev–Trinajstić information content (AvgIpc) is 3.13. The molecular formula is C19H29IN4O3S. The molecule has 0 aliphatic rings. The number of aromatic nitrogens is 1. The number of hydrogen-bond donors (Lipinski definition) is 2. The highest BCUT2D eigenvalue weighted by Gasteiger charge is 2.13. The molecule has 0 saturated carbocycles. The van der Waals surface area contributed by atoms with Crippen LogP contribution in [0.4, 0.5) is 0 Å². The Morgan fingerprint density at radius 3 is 2.54 bits per heavy atom. The van der Waals surface area contributed by atoms with E-state index in [0.29, 0.717) is 48.6 Å². The van der Waals surface area contributed by atoms with Crippen molar-refractivity contribution in [3.63, 3.8) is 0 Å². The molecule has 1 heterocycles. The summed E-state index contributed by atoms with van der Waals surface area (Å²) in [6, 6.07) is 10.4. The highest BCUT2D eigenvalue weighted by molar-refractivity contribution is 14.0. The first-order valence-electron chi connectivity index (χ1n) is 9.18. The van der Waals surface area contributed by atoms with E-state index in [0.717, 1.165) is 5.69 Å². The Balaban J connectivity index is 0.00000392. The van der Waals surface area contributed by atoms with E-state index in [-0.39, 0.29) is 29.7 Å². The molecule has 0 spiro atoms. The van der Waals surface area contributed by atoms with Crippen molar-refractivity contribution < 1.29 is 12.9 Å². The zero-order valence-electron chi connectivity index (χ0n) is 16.5. The van der Waals surface area contributed by atoms with E-state index >= 15 is 0 Å². The summed E-state index contributed by atoms with van der Waals surface area (Å²) in [7, 11) is -3.25. The minimum Gasteiger partial charge on any atom is -0.359 e. The quantitative estimate of drug-likeness (QED) is 0.228. The van der Waals surface area contributed by atoms with Gasteiger partial charge in [0.2, 0.25) is 0 Å². The third kappa shape index (κ3) is 7.78. The van der Waals surface area contributed by atoms with Gasteiger partial charge in [-0.25, -0.2) is 13.4 Å². The lowest BCUT2D eigenvalue weighted by Crippen LogP contribution is -2.38. The lowest BCUT2D eigenvalue weighted by molar-refractivity contribution is 0.376. The fraction of sp³-hybridized carbons (Fsp3) is 0.474. The van der Waals surface area contributed by atoms with Crippen LogP contribution in [-0.2, 0) is 16.4 Å². The van der Waals surface area contributed by atoms with Crippen LogP contribution in [0.2, 0.25) is 0 Å². The van der Waals surface area contributed by atoms with Gasteiger partial charge in [0.1, 0.15) is 6.54 Å². The molecule has 28 heavy (non-hydrogen) atoms. The molecule has 0 saturated heterocycles. The molecule has 2 aromatic rings. The van der Waals surface area contributed by atoms with Crippen LogP contribution in [0, 0.1) is 0 Å². The number of nitrogens with one attached hydrogen (secondary N) is 2. The van der Waals surface area contributed by atoms with Crippen molar-refractivity contribution in [1.82, 2.24) is 15.8 Å². The fourth-order valence-electron chi connectivity index (χ4n) is 2.39. The molecule has 0 aliphatic carbocycles. The fourth-order valence-corrected chi connectivity index (χ4v) is 3.72. The van der Waals surface area contributed by atoms with E-state index in [1.54, 1.807) is 30.3 Å². The minimum atomic E-state index is -3.25. The van der Waals surface area contributed by atoms with Gasteiger partial charge in [-0.2, -0.15) is 0 Å². The van der Waals surface area contributed by atoms with Crippen molar-refractivity contribution in [2.24, 2.45) is 4.99 Å². The highest BCUT2D eigenvalue weighted by Crippen LogP contribution is 2.14. The summed E-state index contributed by atoms with van der Waals surface area (Å²) < 4.78 is 29.8. The molecule has 0 amide bonds. The standard InChI is InChI=1S/C19H28N4O3S.HI/c1-4-20-19(22-14-16-13-18(15(2)3)23-26-16)21-11-8-12-27(24,25)17-9-6-5-7-10-17;/h5-7,9-10,13,15H,4,8,11-12,14H2,1-3H3,(H2,20,21,22);1H. The van der Waals surface area contributed by atoms with E-state index in [9.17, 15) is 8.42 Å². The van der Waals surface area contributed by atoms with Crippen LogP contribution in [0.25, 0.3) is 0 Å². The first-order chi connectivity index (χ1) is 12.9. The molecule has 2 N–H and O–H groups in total. The second-order valence-electron chi connectivity index (χ2n) is 6.48. The van der Waals surface area contributed by atoms with Crippen molar-refractivity contribution >= 4 is 39.8 Å². The molecule has 0 aliphatic heterocycles. The highest BCUT2D eigenvalue weighted by atomic mass is 127. The first-order valence-corrected chi connectivity index (χ1v) is 10.8. The maximum absolute atomic E-state index is 12.3. The van der Waals surface area contributed by atoms with Gasteiger partial charge >= 0.3 is 0 Å². The molecule has 0 fully saturated rings. The van der Waals surface area contributed by atoms with Gasteiger partial charge in [0.25, 0.3) is 0 Å². The van der Waals surface area contributed by atoms with E-state index in [1.165, 1.54) is 0 Å². The summed E-state index contributed by atoms with van der Waals surface area (Å²) >= 11 is 0. The average molecular weight is 520 g/mol. The van der Waals surface area contributed by atoms with Gasteiger partial charge in [-0.3, -0.25) is 0 Å². The smallest absolute Gasteiger partial charge is 0.191 e. The van der Waals surface area contributed by atoms with Crippen molar-refractivity contribution in [3.05, 3.63) is 47.9 Å². The van der Waals surface area contributed by atoms with Crippen molar-refractivity contribution in [1.29, 1.82) is 0 Å². The predicted molar refractivity (Wildman–Crippen MR) is 122 cm³/mol. The molecule has 0 radical (unpaired) electrons. The molecule has 2 rings (SSSR count). The Hall–Kier alpha value is -1.62. The van der Waals surface area contributed by atoms with Gasteiger partial charge in [0.05, 0.1) is 16.3 Å². The van der Waals surface area contributed by atoms with Crippen LogP contribution in [0.15, 0.2) is 50.8 Å². The van der Waals surface area contributed by atoms with E-state index < -0.39 is 9.84 Å². The van der Waals surface area contributed by atoms with Crippen molar-refractivity contribution in [3.8, 4) is 0 Å². The molecule has 1 aromatic carbocycles. The third-order valence-electron chi connectivity index (χ3n) is 3.89. The first kappa shape index (κ1) is 24.4. The Bertz CT molecular complexity index is 836. The van der Waals surface area contributed by atoms with Crippen LogP contribution in [-0.4, -0.2) is 38.4 Å². The van der Waals surface area contributed by atoms with E-state index in [2.05, 4.69) is 34.6 Å². The van der Waals surface area contributed by atoms with Gasteiger partial charge in [-0.05, 0) is 31.4 Å². The number of sulfone groups is 1. The largest absolute Gasteiger partial charge is 0.359 e. The van der Waals surface area contributed by atoms with Crippen molar-refractivity contribution in [2.75, 3.05) is 18.8 Å². The van der Waals surface area contributed by atoms with E-state index in [1.807, 2.05) is 13.0 Å². The van der Waals surface area contributed by atoms with Crippen LogP contribution < -0.4 is 10.6 Å². The summed E-state index contributed by atoms with van der Waals surface area (Å²) in [5, 5.41) is 10.3. The van der Waals surface area contributed by atoms with Gasteiger partial charge in [-0.15, -0.1) is 24.0 Å². The van der Waals surface area contributed by atoms with Gasteiger partial charge in [0.15, 0.2) is 21.6 Å². The lowest BCUT2D eigenvalue weighted by atomic mass is 10.1. The Kier molecular flexibility index (Phi) is 10.5. The third-order valence-corrected chi connectivity index (χ3v) is 5.71. The number of guanidine groups is 1. The predicted octanol–water partition coefficient (Wildman–Crippen LogP) is 3.34. The number of halogens is 1. The minimum absolute atomic E-state index is 0. The molecule has 0 bridgehead atoms. The zero-order valence-corrected chi connectivity index (χ0v) is 19.7. The topological polar surface area (TPSA) is 96.6 Å². The molecule has 0 unspecified atom stereocenters. The van der Waals surface area contributed by atoms with Crippen LogP contribution in [0.3, 0.4) is 0 Å². The van der Waals surface area contributed by atoms with Gasteiger partial charge in [-0.1, -0.05) is 37.2 Å².